The number of carbonyl (C=O) groups excluding carboxylic acids is 1. The van der Waals surface area contributed by atoms with Gasteiger partial charge in [-0.25, -0.2) is 9.78 Å². The van der Waals surface area contributed by atoms with E-state index in [-0.39, 0.29) is 21.3 Å². The largest absolute Gasteiger partial charge is 0.478 e. The normalized spacial score (nSPS) is 10.2. The fourth-order valence-electron chi connectivity index (χ4n) is 1.49. The van der Waals surface area contributed by atoms with Gasteiger partial charge in [-0.3, -0.25) is 4.79 Å². The predicted molar refractivity (Wildman–Crippen MR) is 83.3 cm³/mol. The molecule has 0 radical (unpaired) electrons. The highest BCUT2D eigenvalue weighted by Crippen LogP contribution is 2.25. The van der Waals surface area contributed by atoms with Crippen molar-refractivity contribution in [3.05, 3.63) is 56.2 Å². The topological polar surface area (TPSA) is 79.3 Å². The molecule has 2 rings (SSSR count). The molecule has 1 amide bonds. The van der Waals surface area contributed by atoms with E-state index in [0.717, 1.165) is 0 Å². The quantitative estimate of drug-likeness (QED) is 0.774. The lowest BCUT2D eigenvalue weighted by Crippen LogP contribution is -2.13. The second kappa shape index (κ2) is 6.43. The molecule has 5 nitrogen and oxygen atoms in total. The first-order valence-electron chi connectivity index (χ1n) is 5.53. The maximum absolute atomic E-state index is 12.1. The average Bonchev–Trinajstić information content (AvgIpc) is 2.43. The maximum atomic E-state index is 12.1. The highest BCUT2D eigenvalue weighted by Gasteiger charge is 2.12. The van der Waals surface area contributed by atoms with Gasteiger partial charge in [-0.15, -0.1) is 0 Å². The lowest BCUT2D eigenvalue weighted by Gasteiger charge is -2.08. The van der Waals surface area contributed by atoms with Crippen molar-refractivity contribution < 1.29 is 14.7 Å². The van der Waals surface area contributed by atoms with Crippen LogP contribution >= 0.6 is 39.1 Å². The van der Waals surface area contributed by atoms with Crippen LogP contribution in [-0.2, 0) is 0 Å². The first-order chi connectivity index (χ1) is 9.88. The molecule has 0 bridgehead atoms. The standard InChI is InChI=1S/C13H7BrCl2N2O3/c14-8-3-6(13(20)21)1-2-10(8)18-12(19)7-4-9(15)11(16)17-5-7/h1-5H,(H,18,19)(H,20,21). The number of amides is 1. The molecule has 1 heterocycles. The van der Waals surface area contributed by atoms with Crippen LogP contribution < -0.4 is 5.32 Å². The number of hydrogen-bond acceptors (Lipinski definition) is 3. The fourth-order valence-corrected chi connectivity index (χ4v) is 2.24. The Bertz CT molecular complexity index is 737. The molecule has 0 aliphatic heterocycles. The van der Waals surface area contributed by atoms with E-state index in [0.29, 0.717) is 10.2 Å². The van der Waals surface area contributed by atoms with Crippen LogP contribution in [0.25, 0.3) is 0 Å². The number of hydrogen-bond donors (Lipinski definition) is 2. The van der Waals surface area contributed by atoms with Crippen molar-refractivity contribution in [1.29, 1.82) is 0 Å². The van der Waals surface area contributed by atoms with E-state index < -0.39 is 11.9 Å². The third kappa shape index (κ3) is 3.72. The molecular weight excluding hydrogens is 383 g/mol. The lowest BCUT2D eigenvalue weighted by molar-refractivity contribution is 0.0696. The lowest BCUT2D eigenvalue weighted by atomic mass is 10.2. The van der Waals surface area contributed by atoms with Crippen LogP contribution in [0.4, 0.5) is 5.69 Å². The highest BCUT2D eigenvalue weighted by atomic mass is 79.9. The second-order valence-corrected chi connectivity index (χ2v) is 5.57. The number of nitrogens with one attached hydrogen (secondary N) is 1. The van der Waals surface area contributed by atoms with Crippen LogP contribution in [0.2, 0.25) is 10.2 Å². The Kier molecular flexibility index (Phi) is 4.82. The van der Waals surface area contributed by atoms with Crippen LogP contribution in [0.15, 0.2) is 34.9 Å². The van der Waals surface area contributed by atoms with E-state index in [2.05, 4.69) is 26.2 Å². The molecule has 1 aromatic heterocycles. The monoisotopic (exact) mass is 388 g/mol. The number of carboxylic acids is 1. The molecule has 1 aromatic carbocycles. The zero-order valence-electron chi connectivity index (χ0n) is 10.2. The molecule has 0 aliphatic carbocycles. The molecular formula is C13H7BrCl2N2O3. The smallest absolute Gasteiger partial charge is 0.335 e. The highest BCUT2D eigenvalue weighted by molar-refractivity contribution is 9.10. The summed E-state index contributed by atoms with van der Waals surface area (Å²) in [7, 11) is 0. The molecule has 8 heteroatoms. The van der Waals surface area contributed by atoms with Crippen molar-refractivity contribution >= 4 is 56.7 Å². The van der Waals surface area contributed by atoms with Crippen molar-refractivity contribution in [2.24, 2.45) is 0 Å². The van der Waals surface area contributed by atoms with Crippen LogP contribution in [-0.4, -0.2) is 22.0 Å². The first kappa shape index (κ1) is 15.8. The SMILES string of the molecule is O=C(O)c1ccc(NC(=O)c2cnc(Cl)c(Cl)c2)c(Br)c1. The fraction of sp³-hybridized carbons (Fsp3) is 0. The Morgan fingerprint density at radius 1 is 1.19 bits per heavy atom. The van der Waals surface area contributed by atoms with Crippen LogP contribution in [0, 0.1) is 0 Å². The third-order valence-corrected chi connectivity index (χ3v) is 3.86. The maximum Gasteiger partial charge on any atom is 0.335 e. The molecule has 21 heavy (non-hydrogen) atoms. The van der Waals surface area contributed by atoms with Gasteiger partial charge in [0.15, 0.2) is 0 Å². The number of aromatic carboxylic acids is 1. The van der Waals surface area contributed by atoms with Crippen LogP contribution in [0.1, 0.15) is 20.7 Å². The third-order valence-electron chi connectivity index (χ3n) is 2.52. The summed E-state index contributed by atoms with van der Waals surface area (Å²) in [5.41, 5.74) is 0.769. The van der Waals surface area contributed by atoms with Gasteiger partial charge >= 0.3 is 5.97 Å². The van der Waals surface area contributed by atoms with Gasteiger partial charge in [0.2, 0.25) is 0 Å². The molecule has 0 unspecified atom stereocenters. The van der Waals surface area contributed by atoms with E-state index in [1.807, 2.05) is 0 Å². The molecule has 0 aliphatic rings. The number of carbonyl (C=O) groups is 2. The first-order valence-corrected chi connectivity index (χ1v) is 7.08. The summed E-state index contributed by atoms with van der Waals surface area (Å²) in [6.07, 6.45) is 1.29. The minimum absolute atomic E-state index is 0.107. The summed E-state index contributed by atoms with van der Waals surface area (Å²) in [5, 5.41) is 11.8. The number of aromatic nitrogens is 1. The molecule has 0 fully saturated rings. The molecule has 2 aromatic rings. The van der Waals surface area contributed by atoms with E-state index in [1.165, 1.54) is 30.5 Å². The molecule has 108 valence electrons. The van der Waals surface area contributed by atoms with Gasteiger partial charge in [0.05, 0.1) is 21.8 Å². The number of pyridine rings is 1. The Labute approximate surface area is 138 Å². The van der Waals surface area contributed by atoms with Gasteiger partial charge in [0.1, 0.15) is 5.15 Å². The van der Waals surface area contributed by atoms with Crippen molar-refractivity contribution in [3.63, 3.8) is 0 Å². The summed E-state index contributed by atoms with van der Waals surface area (Å²) in [5.74, 6) is -1.49. The summed E-state index contributed by atoms with van der Waals surface area (Å²) in [6.45, 7) is 0. The van der Waals surface area contributed by atoms with Gasteiger partial charge in [-0.1, -0.05) is 23.2 Å². The van der Waals surface area contributed by atoms with Gasteiger partial charge in [-0.2, -0.15) is 0 Å². The van der Waals surface area contributed by atoms with Gasteiger partial charge < -0.3 is 10.4 Å². The number of carboxylic acid groups (broad SMARTS) is 1. The molecule has 0 spiro atoms. The Morgan fingerprint density at radius 3 is 2.48 bits per heavy atom. The Hall–Kier alpha value is -1.63. The van der Waals surface area contributed by atoms with Crippen molar-refractivity contribution in [2.75, 3.05) is 5.32 Å². The van der Waals surface area contributed by atoms with E-state index >= 15 is 0 Å². The summed E-state index contributed by atoms with van der Waals surface area (Å²) in [6, 6.07) is 5.66. The summed E-state index contributed by atoms with van der Waals surface area (Å²) >= 11 is 14.7. The molecule has 0 saturated heterocycles. The number of halogens is 3. The van der Waals surface area contributed by atoms with Crippen LogP contribution in [0.3, 0.4) is 0 Å². The van der Waals surface area contributed by atoms with E-state index in [4.69, 9.17) is 28.3 Å². The predicted octanol–water partition coefficient (Wildman–Crippen LogP) is 4.10. The van der Waals surface area contributed by atoms with Crippen LogP contribution in [0.5, 0.6) is 0 Å². The Balaban J connectivity index is 2.23. The number of benzene rings is 1. The zero-order chi connectivity index (χ0) is 15.6. The summed E-state index contributed by atoms with van der Waals surface area (Å²) < 4.78 is 0.448. The van der Waals surface area contributed by atoms with Gasteiger partial charge in [-0.05, 0) is 40.2 Å². The minimum atomic E-state index is -1.05. The minimum Gasteiger partial charge on any atom is -0.478 e. The molecule has 0 saturated carbocycles. The summed E-state index contributed by atoms with van der Waals surface area (Å²) in [4.78, 5) is 26.7. The molecule has 0 atom stereocenters. The number of anilines is 1. The average molecular weight is 390 g/mol. The van der Waals surface area contributed by atoms with E-state index in [9.17, 15) is 9.59 Å². The number of nitrogens with zero attached hydrogens (tertiary/aromatic N) is 1. The van der Waals surface area contributed by atoms with Crippen molar-refractivity contribution in [2.45, 2.75) is 0 Å². The van der Waals surface area contributed by atoms with Crippen molar-refractivity contribution in [3.8, 4) is 0 Å². The number of rotatable bonds is 3. The van der Waals surface area contributed by atoms with Gasteiger partial charge in [0, 0.05) is 10.7 Å². The van der Waals surface area contributed by atoms with E-state index in [1.54, 1.807) is 0 Å². The van der Waals surface area contributed by atoms with Crippen molar-refractivity contribution in [1.82, 2.24) is 4.98 Å². The Morgan fingerprint density at radius 2 is 1.90 bits per heavy atom. The van der Waals surface area contributed by atoms with Gasteiger partial charge in [0.25, 0.3) is 5.91 Å². The molecule has 2 N–H and O–H groups in total. The second-order valence-electron chi connectivity index (χ2n) is 3.95. The zero-order valence-corrected chi connectivity index (χ0v) is 13.3.